The Balaban J connectivity index is 1.74. The Labute approximate surface area is 147 Å². The van der Waals surface area contributed by atoms with Gasteiger partial charge in [0.15, 0.2) is 0 Å². The summed E-state index contributed by atoms with van der Waals surface area (Å²) in [7, 11) is 0. The van der Waals surface area contributed by atoms with Crippen LogP contribution in [0.4, 0.5) is 5.69 Å². The molecular weight excluding hydrogens is 312 g/mol. The first-order valence-electron chi connectivity index (χ1n) is 8.39. The Morgan fingerprint density at radius 2 is 1.62 bits per heavy atom. The summed E-state index contributed by atoms with van der Waals surface area (Å²) in [5.41, 5.74) is 5.52. The molecular formula is C21H20N2S. The van der Waals surface area contributed by atoms with E-state index in [2.05, 4.69) is 46.7 Å². The molecule has 0 spiro atoms. The standard InChI is InChI=1S/C21H20N2S/c22-18-9-5-16(6-10-18)21(20-4-3-15-24-20)17-7-11-19(12-8-17)23-13-1-2-14-23/h3-12,15,22H,1-2,13-14H2. The smallest absolute Gasteiger partial charge is 0.0540 e. The molecule has 2 nitrogen and oxygen atoms in total. The average molecular weight is 332 g/mol. The highest BCUT2D eigenvalue weighted by Gasteiger charge is 2.15. The van der Waals surface area contributed by atoms with E-state index in [1.807, 2.05) is 24.3 Å². The van der Waals surface area contributed by atoms with Gasteiger partial charge in [-0.15, -0.1) is 11.3 Å². The van der Waals surface area contributed by atoms with E-state index in [1.165, 1.54) is 53.2 Å². The number of nitrogens with one attached hydrogen (secondary N) is 1. The molecule has 0 amide bonds. The summed E-state index contributed by atoms with van der Waals surface area (Å²) in [5, 5.41) is 9.84. The van der Waals surface area contributed by atoms with Crippen LogP contribution in [0.15, 0.2) is 71.7 Å². The predicted molar refractivity (Wildman–Crippen MR) is 104 cm³/mol. The molecule has 1 aliphatic carbocycles. The molecule has 1 saturated heterocycles. The van der Waals surface area contributed by atoms with Gasteiger partial charge in [0.1, 0.15) is 0 Å². The number of anilines is 1. The van der Waals surface area contributed by atoms with Gasteiger partial charge in [0, 0.05) is 29.2 Å². The first-order chi connectivity index (χ1) is 11.8. The predicted octanol–water partition coefficient (Wildman–Crippen LogP) is 5.30. The summed E-state index contributed by atoms with van der Waals surface area (Å²) in [5.74, 6) is 0. The molecule has 0 saturated carbocycles. The van der Waals surface area contributed by atoms with Gasteiger partial charge in [-0.1, -0.05) is 30.4 Å². The first-order valence-corrected chi connectivity index (χ1v) is 9.27. The van der Waals surface area contributed by atoms with E-state index in [0.717, 1.165) is 0 Å². The maximum absolute atomic E-state index is 7.72. The van der Waals surface area contributed by atoms with Crippen molar-refractivity contribution < 1.29 is 0 Å². The summed E-state index contributed by atoms with van der Waals surface area (Å²) in [4.78, 5) is 3.73. The van der Waals surface area contributed by atoms with Gasteiger partial charge in [-0.2, -0.15) is 0 Å². The fourth-order valence-corrected chi connectivity index (χ4v) is 4.14. The Bertz CT molecular complexity index is 799. The van der Waals surface area contributed by atoms with Crippen LogP contribution in [0.25, 0.3) is 5.57 Å². The zero-order valence-electron chi connectivity index (χ0n) is 13.5. The monoisotopic (exact) mass is 332 g/mol. The molecule has 1 N–H and O–H groups in total. The lowest BCUT2D eigenvalue weighted by molar-refractivity contribution is 0.949. The average Bonchev–Trinajstić information content (AvgIpc) is 3.31. The van der Waals surface area contributed by atoms with Crippen molar-refractivity contribution in [1.82, 2.24) is 0 Å². The third-order valence-corrected chi connectivity index (χ3v) is 5.46. The molecule has 4 rings (SSSR count). The molecule has 24 heavy (non-hydrogen) atoms. The second-order valence-electron chi connectivity index (χ2n) is 6.17. The number of rotatable bonds is 3. The zero-order valence-corrected chi connectivity index (χ0v) is 14.4. The van der Waals surface area contributed by atoms with Gasteiger partial charge < -0.3 is 10.3 Å². The molecule has 0 bridgehead atoms. The topological polar surface area (TPSA) is 27.1 Å². The molecule has 1 aromatic carbocycles. The van der Waals surface area contributed by atoms with Crippen molar-refractivity contribution in [2.45, 2.75) is 12.8 Å². The first kappa shape index (κ1) is 15.2. The van der Waals surface area contributed by atoms with Gasteiger partial charge >= 0.3 is 0 Å². The Morgan fingerprint density at radius 1 is 0.917 bits per heavy atom. The van der Waals surface area contributed by atoms with Crippen molar-refractivity contribution >= 4 is 28.3 Å². The van der Waals surface area contributed by atoms with Gasteiger partial charge in [0.05, 0.1) is 5.71 Å². The van der Waals surface area contributed by atoms with Crippen LogP contribution in [0.5, 0.6) is 0 Å². The molecule has 0 unspecified atom stereocenters. The van der Waals surface area contributed by atoms with E-state index in [9.17, 15) is 0 Å². The number of benzene rings is 1. The molecule has 120 valence electrons. The Hall–Kier alpha value is -2.39. The Morgan fingerprint density at radius 3 is 2.25 bits per heavy atom. The number of nitrogens with zero attached hydrogens (tertiary/aromatic N) is 1. The van der Waals surface area contributed by atoms with Gasteiger partial charge in [0.2, 0.25) is 0 Å². The molecule has 2 heterocycles. The number of hydrogen-bond donors (Lipinski definition) is 1. The molecule has 2 aromatic rings. The van der Waals surface area contributed by atoms with Crippen LogP contribution in [0, 0.1) is 5.41 Å². The summed E-state index contributed by atoms with van der Waals surface area (Å²) >= 11 is 1.76. The third-order valence-electron chi connectivity index (χ3n) is 4.57. The van der Waals surface area contributed by atoms with E-state index in [1.54, 1.807) is 11.3 Å². The quantitative estimate of drug-likeness (QED) is 0.811. The molecule has 1 aliphatic heterocycles. The Kier molecular flexibility index (Phi) is 4.18. The van der Waals surface area contributed by atoms with E-state index in [-0.39, 0.29) is 0 Å². The van der Waals surface area contributed by atoms with Crippen molar-refractivity contribution in [3.63, 3.8) is 0 Å². The summed E-state index contributed by atoms with van der Waals surface area (Å²) in [6.45, 7) is 2.34. The van der Waals surface area contributed by atoms with Crippen LogP contribution in [-0.2, 0) is 0 Å². The number of hydrogen-bond acceptors (Lipinski definition) is 3. The van der Waals surface area contributed by atoms with Gasteiger partial charge in [-0.25, -0.2) is 0 Å². The molecule has 3 heteroatoms. The minimum atomic E-state index is 0.550. The lowest BCUT2D eigenvalue weighted by Gasteiger charge is -2.18. The lowest BCUT2D eigenvalue weighted by atomic mass is 9.95. The maximum atomic E-state index is 7.72. The summed E-state index contributed by atoms with van der Waals surface area (Å²) in [6.07, 6.45) is 10.4. The SMILES string of the molecule is N=C1C=CC(=C(c2ccc(N3CCCC3)cc2)c2cccs2)C=C1. The minimum absolute atomic E-state index is 0.550. The number of allylic oxidation sites excluding steroid dienone is 5. The van der Waals surface area contributed by atoms with E-state index >= 15 is 0 Å². The molecule has 1 fully saturated rings. The molecule has 0 atom stereocenters. The maximum Gasteiger partial charge on any atom is 0.0540 e. The van der Waals surface area contributed by atoms with Crippen LogP contribution in [-0.4, -0.2) is 18.8 Å². The molecule has 2 aliphatic rings. The molecule has 0 radical (unpaired) electrons. The van der Waals surface area contributed by atoms with Crippen molar-refractivity contribution in [2.75, 3.05) is 18.0 Å². The van der Waals surface area contributed by atoms with Crippen molar-refractivity contribution in [1.29, 1.82) is 5.41 Å². The van der Waals surface area contributed by atoms with Crippen LogP contribution < -0.4 is 4.90 Å². The third kappa shape index (κ3) is 3.00. The van der Waals surface area contributed by atoms with Gasteiger partial charge in [-0.05, 0) is 59.7 Å². The van der Waals surface area contributed by atoms with Crippen molar-refractivity contribution in [3.05, 3.63) is 82.1 Å². The zero-order chi connectivity index (χ0) is 16.4. The second-order valence-corrected chi connectivity index (χ2v) is 7.12. The minimum Gasteiger partial charge on any atom is -0.372 e. The van der Waals surface area contributed by atoms with E-state index < -0.39 is 0 Å². The van der Waals surface area contributed by atoms with Crippen molar-refractivity contribution in [3.8, 4) is 0 Å². The highest BCUT2D eigenvalue weighted by molar-refractivity contribution is 7.11. The van der Waals surface area contributed by atoms with Crippen LogP contribution in [0.3, 0.4) is 0 Å². The van der Waals surface area contributed by atoms with E-state index in [4.69, 9.17) is 5.41 Å². The van der Waals surface area contributed by atoms with Gasteiger partial charge in [-0.3, -0.25) is 0 Å². The normalized spacial score (nSPS) is 16.9. The van der Waals surface area contributed by atoms with Gasteiger partial charge in [0.25, 0.3) is 0 Å². The van der Waals surface area contributed by atoms with Crippen LogP contribution >= 0.6 is 11.3 Å². The molecule has 1 aromatic heterocycles. The fraction of sp³-hybridized carbons (Fsp3) is 0.190. The summed E-state index contributed by atoms with van der Waals surface area (Å²) in [6, 6.07) is 13.2. The van der Waals surface area contributed by atoms with Crippen LogP contribution in [0.2, 0.25) is 0 Å². The highest BCUT2D eigenvalue weighted by atomic mass is 32.1. The largest absolute Gasteiger partial charge is 0.372 e. The lowest BCUT2D eigenvalue weighted by Crippen LogP contribution is -2.17. The highest BCUT2D eigenvalue weighted by Crippen LogP contribution is 2.33. The number of thiophene rings is 1. The summed E-state index contributed by atoms with van der Waals surface area (Å²) < 4.78 is 0. The van der Waals surface area contributed by atoms with E-state index in [0.29, 0.717) is 5.71 Å². The second kappa shape index (κ2) is 6.62. The fourth-order valence-electron chi connectivity index (χ4n) is 3.32. The van der Waals surface area contributed by atoms with Crippen molar-refractivity contribution in [2.24, 2.45) is 0 Å². The van der Waals surface area contributed by atoms with Crippen LogP contribution in [0.1, 0.15) is 23.3 Å².